The number of ether oxygens (including phenoxy) is 1. The minimum absolute atomic E-state index is 0.0746. The topological polar surface area (TPSA) is 102 Å². The number of hydrogen-bond donors (Lipinski definition) is 2. The summed E-state index contributed by atoms with van der Waals surface area (Å²) in [6.45, 7) is 0.589. The summed E-state index contributed by atoms with van der Waals surface area (Å²) in [4.78, 5) is 12.2. The van der Waals surface area contributed by atoms with Crippen LogP contribution in [0.25, 0.3) is 5.57 Å². The molecule has 1 heterocycles. The Morgan fingerprint density at radius 3 is 2.64 bits per heavy atom. The number of rotatable bonds is 7. The van der Waals surface area contributed by atoms with Gasteiger partial charge in [0, 0.05) is 21.6 Å². The van der Waals surface area contributed by atoms with Crippen LogP contribution in [0, 0.1) is 0 Å². The molecule has 0 spiro atoms. The first-order valence-electron chi connectivity index (χ1n) is 11.0. The van der Waals surface area contributed by atoms with Crippen LogP contribution in [-0.2, 0) is 23.0 Å². The summed E-state index contributed by atoms with van der Waals surface area (Å²) in [6, 6.07) is 8.61. The maximum absolute atomic E-state index is 12.7. The number of urea groups is 1. The van der Waals surface area contributed by atoms with Crippen molar-refractivity contribution in [2.75, 3.05) is 13.7 Å². The Morgan fingerprint density at radius 1 is 1.14 bits per heavy atom. The predicted octanol–water partition coefficient (Wildman–Crippen LogP) is 5.31. The molecule has 0 aliphatic heterocycles. The molecular weight excluding hydrogens is 547 g/mol. The van der Waals surface area contributed by atoms with Gasteiger partial charge in [0.1, 0.15) is 10.6 Å². The monoisotopic (exact) mass is 568 g/mol. The largest absolute Gasteiger partial charge is 0.495 e. The molecule has 12 heteroatoms. The fourth-order valence-electron chi connectivity index (χ4n) is 4.04. The molecule has 0 radical (unpaired) electrons. The number of allylic oxidation sites excluding steroid dienone is 1. The maximum Gasteiger partial charge on any atom is 0.328 e. The van der Waals surface area contributed by atoms with E-state index in [4.69, 9.17) is 39.5 Å². The Hall–Kier alpha value is -2.72. The SMILES string of the molecule is COc1ccc(Cl)cc1S(=O)(=O)NC(=O)NCC=C1CCCc2cnn(Cc3ccc(Cl)cc3Cl)c21. The van der Waals surface area contributed by atoms with Gasteiger partial charge in [-0.1, -0.05) is 46.9 Å². The molecule has 0 fully saturated rings. The summed E-state index contributed by atoms with van der Waals surface area (Å²) < 4.78 is 34.3. The molecule has 8 nitrogen and oxygen atoms in total. The third-order valence-electron chi connectivity index (χ3n) is 5.70. The van der Waals surface area contributed by atoms with Crippen molar-refractivity contribution in [3.63, 3.8) is 0 Å². The average Bonchev–Trinajstić information content (AvgIpc) is 3.24. The van der Waals surface area contributed by atoms with E-state index in [9.17, 15) is 13.2 Å². The van der Waals surface area contributed by atoms with E-state index < -0.39 is 16.1 Å². The summed E-state index contributed by atoms with van der Waals surface area (Å²) in [5, 5.41) is 8.43. The van der Waals surface area contributed by atoms with Crippen molar-refractivity contribution >= 4 is 56.4 Å². The second kappa shape index (κ2) is 11.1. The Morgan fingerprint density at radius 2 is 1.89 bits per heavy atom. The summed E-state index contributed by atoms with van der Waals surface area (Å²) in [5.41, 5.74) is 3.98. The van der Waals surface area contributed by atoms with Crippen molar-refractivity contribution in [1.29, 1.82) is 0 Å². The van der Waals surface area contributed by atoms with Gasteiger partial charge in [-0.2, -0.15) is 5.10 Å². The van der Waals surface area contributed by atoms with Gasteiger partial charge < -0.3 is 10.1 Å². The molecular formula is C24H23Cl3N4O4S. The van der Waals surface area contributed by atoms with Crippen molar-refractivity contribution < 1.29 is 17.9 Å². The number of halogens is 3. The molecule has 0 bridgehead atoms. The highest BCUT2D eigenvalue weighted by Gasteiger charge is 2.23. The first-order valence-corrected chi connectivity index (χ1v) is 13.6. The zero-order chi connectivity index (χ0) is 25.9. The van der Waals surface area contributed by atoms with Gasteiger partial charge in [-0.15, -0.1) is 0 Å². The highest BCUT2D eigenvalue weighted by atomic mass is 35.5. The summed E-state index contributed by atoms with van der Waals surface area (Å²) in [6.07, 6.45) is 6.35. The lowest BCUT2D eigenvalue weighted by atomic mass is 9.92. The molecule has 190 valence electrons. The number of carbonyl (C=O) groups is 1. The van der Waals surface area contributed by atoms with Crippen LogP contribution >= 0.6 is 34.8 Å². The molecule has 0 saturated heterocycles. The fourth-order valence-corrected chi connectivity index (χ4v) is 5.87. The van der Waals surface area contributed by atoms with Crippen molar-refractivity contribution in [2.45, 2.75) is 30.7 Å². The first kappa shape index (κ1) is 26.3. The van der Waals surface area contributed by atoms with Crippen LogP contribution < -0.4 is 14.8 Å². The fraction of sp³-hybridized carbons (Fsp3) is 0.250. The molecule has 1 aliphatic rings. The highest BCUT2D eigenvalue weighted by Crippen LogP contribution is 2.32. The van der Waals surface area contributed by atoms with Gasteiger partial charge >= 0.3 is 6.03 Å². The van der Waals surface area contributed by atoms with Crippen LogP contribution in [0.5, 0.6) is 5.75 Å². The predicted molar refractivity (Wildman–Crippen MR) is 140 cm³/mol. The molecule has 1 aromatic heterocycles. The zero-order valence-corrected chi connectivity index (χ0v) is 22.3. The lowest BCUT2D eigenvalue weighted by Crippen LogP contribution is -2.39. The van der Waals surface area contributed by atoms with Gasteiger partial charge in [-0.25, -0.2) is 17.9 Å². The van der Waals surface area contributed by atoms with Crippen LogP contribution in [0.3, 0.4) is 0 Å². The van der Waals surface area contributed by atoms with E-state index >= 15 is 0 Å². The number of aromatic nitrogens is 2. The smallest absolute Gasteiger partial charge is 0.328 e. The minimum atomic E-state index is -4.20. The number of aryl methyl sites for hydroxylation is 1. The number of carbonyl (C=O) groups excluding carboxylic acids is 1. The summed E-state index contributed by atoms with van der Waals surface area (Å²) in [7, 11) is -2.86. The number of nitrogens with zero attached hydrogens (tertiary/aromatic N) is 2. The molecule has 4 rings (SSSR count). The summed E-state index contributed by atoms with van der Waals surface area (Å²) >= 11 is 18.3. The number of sulfonamides is 1. The third-order valence-corrected chi connectivity index (χ3v) is 7.87. The van der Waals surface area contributed by atoms with E-state index in [-0.39, 0.29) is 22.2 Å². The Balaban J connectivity index is 1.46. The standard InChI is InChI=1S/C24H23Cl3N4O4S/c1-35-21-8-7-19(26)12-22(21)36(33,34)30-24(32)28-10-9-15-3-2-4-16-13-29-31(23(15)16)14-17-5-6-18(25)11-20(17)27/h5-9,11-13H,2-4,10,14H2,1H3,(H2,28,30,32). The Kier molecular flexibility index (Phi) is 8.14. The number of benzene rings is 2. The van der Waals surface area contributed by atoms with Gasteiger partial charge in [-0.3, -0.25) is 4.68 Å². The normalized spacial score (nSPS) is 14.4. The molecule has 1 aliphatic carbocycles. The second-order valence-corrected chi connectivity index (χ2v) is 11.0. The van der Waals surface area contributed by atoms with E-state index in [2.05, 4.69) is 10.4 Å². The molecule has 36 heavy (non-hydrogen) atoms. The molecule has 0 unspecified atom stereocenters. The quantitative estimate of drug-likeness (QED) is 0.402. The van der Waals surface area contributed by atoms with E-state index in [0.717, 1.165) is 41.7 Å². The molecule has 0 saturated carbocycles. The molecule has 3 aromatic rings. The van der Waals surface area contributed by atoms with Gasteiger partial charge in [0.25, 0.3) is 10.0 Å². The van der Waals surface area contributed by atoms with Crippen LogP contribution in [0.15, 0.2) is 53.6 Å². The van der Waals surface area contributed by atoms with Crippen molar-refractivity contribution in [3.05, 3.63) is 80.6 Å². The van der Waals surface area contributed by atoms with Crippen molar-refractivity contribution in [2.24, 2.45) is 0 Å². The minimum Gasteiger partial charge on any atom is -0.495 e. The lowest BCUT2D eigenvalue weighted by Gasteiger charge is -2.18. The molecule has 0 atom stereocenters. The molecule has 2 amide bonds. The Bertz CT molecular complexity index is 1440. The average molecular weight is 570 g/mol. The third kappa shape index (κ3) is 5.98. The number of methoxy groups -OCH3 is 1. The van der Waals surface area contributed by atoms with Crippen molar-refractivity contribution in [3.8, 4) is 5.75 Å². The van der Waals surface area contributed by atoms with Gasteiger partial charge in [0.15, 0.2) is 0 Å². The van der Waals surface area contributed by atoms with E-state index in [1.807, 2.05) is 27.7 Å². The van der Waals surface area contributed by atoms with Gasteiger partial charge in [0.05, 0.1) is 25.5 Å². The second-order valence-electron chi connectivity index (χ2n) is 8.11. The number of nitrogens with one attached hydrogen (secondary N) is 2. The van der Waals surface area contributed by atoms with Gasteiger partial charge in [-0.05, 0) is 66.3 Å². The van der Waals surface area contributed by atoms with E-state index in [0.29, 0.717) is 16.6 Å². The number of hydrogen-bond acceptors (Lipinski definition) is 5. The molecule has 2 N–H and O–H groups in total. The van der Waals surface area contributed by atoms with E-state index in [1.54, 1.807) is 12.1 Å². The zero-order valence-electron chi connectivity index (χ0n) is 19.2. The highest BCUT2D eigenvalue weighted by molar-refractivity contribution is 7.90. The number of fused-ring (bicyclic) bond motifs is 1. The lowest BCUT2D eigenvalue weighted by molar-refractivity contribution is 0.247. The number of amides is 2. The van der Waals surface area contributed by atoms with Crippen LogP contribution in [0.2, 0.25) is 15.1 Å². The van der Waals surface area contributed by atoms with Crippen LogP contribution in [-0.4, -0.2) is 37.9 Å². The first-order chi connectivity index (χ1) is 17.2. The Labute approximate surface area is 224 Å². The van der Waals surface area contributed by atoms with Crippen molar-refractivity contribution in [1.82, 2.24) is 19.8 Å². The molecule has 2 aromatic carbocycles. The van der Waals surface area contributed by atoms with E-state index in [1.165, 1.54) is 25.3 Å². The summed E-state index contributed by atoms with van der Waals surface area (Å²) in [5.74, 6) is 0.0746. The van der Waals surface area contributed by atoms with Crippen LogP contribution in [0.1, 0.15) is 29.7 Å². The van der Waals surface area contributed by atoms with Crippen LogP contribution in [0.4, 0.5) is 4.79 Å². The van der Waals surface area contributed by atoms with Gasteiger partial charge in [0.2, 0.25) is 0 Å². The maximum atomic E-state index is 12.7.